The molecule has 0 radical (unpaired) electrons. The molecule has 1 aliphatic rings. The van der Waals surface area contributed by atoms with Crippen molar-refractivity contribution in [1.82, 2.24) is 0 Å². The number of benzene rings is 2. The van der Waals surface area contributed by atoms with Crippen LogP contribution in [0.25, 0.3) is 10.8 Å². The van der Waals surface area contributed by atoms with Crippen molar-refractivity contribution in [2.45, 2.75) is 13.3 Å². The summed E-state index contributed by atoms with van der Waals surface area (Å²) in [5, 5.41) is 2.07. The van der Waals surface area contributed by atoms with Crippen LogP contribution in [0, 0.1) is 11.8 Å². The third-order valence-electron chi connectivity index (χ3n) is 3.49. The molecule has 0 fully saturated rings. The first-order valence-corrected chi connectivity index (χ1v) is 7.35. The van der Waals surface area contributed by atoms with E-state index in [1.165, 1.54) is 0 Å². The minimum Gasteiger partial charge on any atom is -0.494 e. The highest BCUT2D eigenvalue weighted by Crippen LogP contribution is 2.22. The molecule has 0 bridgehead atoms. The van der Waals surface area contributed by atoms with Gasteiger partial charge < -0.3 is 4.74 Å². The van der Waals surface area contributed by atoms with E-state index in [9.17, 15) is 4.79 Å². The molecule has 0 saturated heterocycles. The third kappa shape index (κ3) is 3.10. The van der Waals surface area contributed by atoms with Crippen LogP contribution in [-0.2, 0) is 0 Å². The maximum Gasteiger partial charge on any atom is 0.236 e. The van der Waals surface area contributed by atoms with Gasteiger partial charge in [-0.25, -0.2) is 0 Å². The number of hydrogen-bond acceptors (Lipinski definition) is 2. The Bertz CT molecular complexity index is 845. The predicted octanol–water partition coefficient (Wildman–Crippen LogP) is 4.31. The Morgan fingerprint density at radius 2 is 2.00 bits per heavy atom. The number of fused-ring (bicyclic) bond motifs is 1. The molecule has 108 valence electrons. The predicted molar refractivity (Wildman–Crippen MR) is 89.1 cm³/mol. The second-order valence-electron chi connectivity index (χ2n) is 5.06. The normalized spacial score (nSPS) is 12.7. The Balaban J connectivity index is 1.85. The number of Topliss-reactive ketones (excluding diaryl/α,β-unsaturated/α-hetero) is 1. The number of hydrogen-bond donors (Lipinski definition) is 0. The van der Waals surface area contributed by atoms with Gasteiger partial charge in [-0.05, 0) is 54.3 Å². The van der Waals surface area contributed by atoms with E-state index in [2.05, 4.69) is 11.8 Å². The average molecular weight is 288 g/mol. The number of allylic oxidation sites excluding steroid dienone is 4. The van der Waals surface area contributed by atoms with Gasteiger partial charge in [-0.1, -0.05) is 36.3 Å². The topological polar surface area (TPSA) is 26.3 Å². The van der Waals surface area contributed by atoms with Crippen molar-refractivity contribution >= 4 is 16.6 Å². The van der Waals surface area contributed by atoms with Crippen LogP contribution in [0.2, 0.25) is 0 Å². The molecule has 2 aromatic carbocycles. The molecule has 0 amide bonds. The van der Waals surface area contributed by atoms with E-state index in [1.54, 1.807) is 0 Å². The maximum atomic E-state index is 12.2. The van der Waals surface area contributed by atoms with Crippen molar-refractivity contribution in [2.24, 2.45) is 0 Å². The zero-order valence-corrected chi connectivity index (χ0v) is 12.4. The molecule has 0 saturated carbocycles. The van der Waals surface area contributed by atoms with Gasteiger partial charge in [0, 0.05) is 11.1 Å². The summed E-state index contributed by atoms with van der Waals surface area (Å²) in [7, 11) is 0. The number of carbonyl (C=O) groups excluding carboxylic acids is 1. The monoisotopic (exact) mass is 288 g/mol. The Morgan fingerprint density at radius 3 is 2.77 bits per heavy atom. The van der Waals surface area contributed by atoms with Crippen molar-refractivity contribution in [1.29, 1.82) is 0 Å². The van der Waals surface area contributed by atoms with Crippen molar-refractivity contribution in [3.8, 4) is 17.6 Å². The van der Waals surface area contributed by atoms with E-state index < -0.39 is 0 Å². The Labute approximate surface area is 130 Å². The van der Waals surface area contributed by atoms with E-state index in [1.807, 2.05) is 61.5 Å². The first kappa shape index (κ1) is 14.2. The summed E-state index contributed by atoms with van der Waals surface area (Å²) in [6.45, 7) is 2.60. The molecule has 22 heavy (non-hydrogen) atoms. The summed E-state index contributed by atoms with van der Waals surface area (Å²) < 4.78 is 5.49. The molecule has 2 heteroatoms. The molecule has 1 aliphatic carbocycles. The lowest BCUT2D eigenvalue weighted by Crippen LogP contribution is -1.95. The van der Waals surface area contributed by atoms with E-state index in [0.717, 1.165) is 28.5 Å². The van der Waals surface area contributed by atoms with Gasteiger partial charge in [0.25, 0.3) is 0 Å². The van der Waals surface area contributed by atoms with Crippen LogP contribution in [0.5, 0.6) is 5.75 Å². The Morgan fingerprint density at radius 1 is 1.18 bits per heavy atom. The van der Waals surface area contributed by atoms with Crippen LogP contribution in [0.1, 0.15) is 23.7 Å². The molecule has 0 aromatic heterocycles. The maximum absolute atomic E-state index is 12.2. The summed E-state index contributed by atoms with van der Waals surface area (Å²) in [5.74, 6) is 6.34. The molecule has 0 N–H and O–H groups in total. The molecular formula is C20H16O2. The second-order valence-corrected chi connectivity index (χ2v) is 5.06. The molecule has 0 spiro atoms. The number of ether oxygens (including phenoxy) is 1. The smallest absolute Gasteiger partial charge is 0.236 e. The quantitative estimate of drug-likeness (QED) is 0.478. The van der Waals surface area contributed by atoms with Crippen molar-refractivity contribution < 1.29 is 9.53 Å². The molecule has 3 rings (SSSR count). The van der Waals surface area contributed by atoms with E-state index >= 15 is 0 Å². The molecule has 0 atom stereocenters. The number of rotatable bonds is 3. The lowest BCUT2D eigenvalue weighted by Gasteiger charge is -2.05. The molecule has 0 unspecified atom stereocenters. The first-order chi connectivity index (χ1) is 10.8. The van der Waals surface area contributed by atoms with Gasteiger partial charge in [0.05, 0.1) is 6.61 Å². The van der Waals surface area contributed by atoms with Gasteiger partial charge >= 0.3 is 0 Å². The summed E-state index contributed by atoms with van der Waals surface area (Å²) in [6.07, 6.45) is 6.75. The van der Waals surface area contributed by atoms with Crippen LogP contribution in [0.15, 0.2) is 60.2 Å². The molecular weight excluding hydrogens is 272 g/mol. The fraction of sp³-hybridized carbons (Fsp3) is 0.150. The lowest BCUT2D eigenvalue weighted by molar-refractivity contribution is 0.105. The van der Waals surface area contributed by atoms with Crippen LogP contribution in [-0.4, -0.2) is 12.4 Å². The zero-order valence-electron chi connectivity index (χ0n) is 12.4. The molecule has 2 aromatic rings. The van der Waals surface area contributed by atoms with Gasteiger partial charge in [-0.2, -0.15) is 0 Å². The van der Waals surface area contributed by atoms with Crippen LogP contribution in [0.3, 0.4) is 0 Å². The number of ketones is 1. The SMILES string of the molecule is CCOc1ccc2cc(C(=O)C#CC3=CC=CC3)ccc2c1. The number of carbonyl (C=O) groups is 1. The molecule has 2 nitrogen and oxygen atoms in total. The van der Waals surface area contributed by atoms with Crippen LogP contribution >= 0.6 is 0 Å². The van der Waals surface area contributed by atoms with E-state index in [0.29, 0.717) is 12.2 Å². The van der Waals surface area contributed by atoms with E-state index in [4.69, 9.17) is 4.74 Å². The van der Waals surface area contributed by atoms with Gasteiger partial charge in [-0.15, -0.1) is 0 Å². The van der Waals surface area contributed by atoms with Crippen LogP contribution < -0.4 is 4.74 Å². The van der Waals surface area contributed by atoms with Crippen LogP contribution in [0.4, 0.5) is 0 Å². The summed E-state index contributed by atoms with van der Waals surface area (Å²) in [5.41, 5.74) is 1.60. The van der Waals surface area contributed by atoms with Crippen molar-refractivity contribution in [2.75, 3.05) is 6.61 Å². The summed E-state index contributed by atoms with van der Waals surface area (Å²) in [4.78, 5) is 12.2. The second kappa shape index (κ2) is 6.32. The highest BCUT2D eigenvalue weighted by molar-refractivity contribution is 6.11. The highest BCUT2D eigenvalue weighted by atomic mass is 16.5. The molecule has 0 heterocycles. The highest BCUT2D eigenvalue weighted by Gasteiger charge is 2.05. The summed E-state index contributed by atoms with van der Waals surface area (Å²) >= 11 is 0. The van der Waals surface area contributed by atoms with Gasteiger partial charge in [0.1, 0.15) is 5.75 Å². The van der Waals surface area contributed by atoms with Crippen molar-refractivity contribution in [3.63, 3.8) is 0 Å². The standard InChI is InChI=1S/C20H16O2/c1-2-22-19-11-10-16-13-18(9-8-17(16)14-19)20(21)12-7-15-5-3-4-6-15/h3-5,8-11,13-14H,2,6H2,1H3. The summed E-state index contributed by atoms with van der Waals surface area (Å²) in [6, 6.07) is 11.5. The Hall–Kier alpha value is -2.79. The minimum absolute atomic E-state index is 0.149. The third-order valence-corrected chi connectivity index (χ3v) is 3.49. The largest absolute Gasteiger partial charge is 0.494 e. The lowest BCUT2D eigenvalue weighted by atomic mass is 10.0. The van der Waals surface area contributed by atoms with Crippen molar-refractivity contribution in [3.05, 3.63) is 65.8 Å². The van der Waals surface area contributed by atoms with Gasteiger partial charge in [0.2, 0.25) is 5.78 Å². The fourth-order valence-corrected chi connectivity index (χ4v) is 2.37. The average Bonchev–Trinajstić information content (AvgIpc) is 3.06. The molecule has 0 aliphatic heterocycles. The van der Waals surface area contributed by atoms with E-state index in [-0.39, 0.29) is 5.78 Å². The first-order valence-electron chi connectivity index (χ1n) is 7.35. The van der Waals surface area contributed by atoms with Gasteiger partial charge in [-0.3, -0.25) is 4.79 Å². The fourth-order valence-electron chi connectivity index (χ4n) is 2.37. The zero-order chi connectivity index (χ0) is 15.4. The Kier molecular flexibility index (Phi) is 4.07. The van der Waals surface area contributed by atoms with Gasteiger partial charge in [0.15, 0.2) is 0 Å². The minimum atomic E-state index is -0.149.